The molecular weight excluding hydrogens is 248 g/mol. The van der Waals surface area contributed by atoms with Crippen LogP contribution in [0.1, 0.15) is 33.6 Å². The Morgan fingerprint density at radius 2 is 2.30 bits per heavy atom. The average Bonchev–Trinajstić information content (AvgIpc) is 2.43. The van der Waals surface area contributed by atoms with Gasteiger partial charge < -0.3 is 15.0 Å². The third-order valence-electron chi connectivity index (χ3n) is 3.90. The summed E-state index contributed by atoms with van der Waals surface area (Å²) in [5.74, 6) is 1.67. The first-order chi connectivity index (χ1) is 9.69. The number of rotatable bonds is 4. The molecule has 1 aromatic carbocycles. The van der Waals surface area contributed by atoms with Crippen molar-refractivity contribution in [2.45, 2.75) is 39.7 Å². The van der Waals surface area contributed by atoms with Crippen molar-refractivity contribution in [1.82, 2.24) is 5.32 Å². The maximum absolute atomic E-state index is 5.94. The largest absolute Gasteiger partial charge is 0.491 e. The van der Waals surface area contributed by atoms with E-state index in [1.165, 1.54) is 12.1 Å². The van der Waals surface area contributed by atoms with E-state index in [1.54, 1.807) is 0 Å². The van der Waals surface area contributed by atoms with E-state index in [1.807, 2.05) is 0 Å². The minimum absolute atomic E-state index is 0.278. The van der Waals surface area contributed by atoms with Crippen molar-refractivity contribution < 1.29 is 4.74 Å². The fourth-order valence-electron chi connectivity index (χ4n) is 2.58. The van der Waals surface area contributed by atoms with Crippen molar-refractivity contribution in [2.75, 3.05) is 31.1 Å². The zero-order valence-electron chi connectivity index (χ0n) is 13.1. The highest BCUT2D eigenvalue weighted by atomic mass is 16.5. The van der Waals surface area contributed by atoms with Crippen LogP contribution in [0.2, 0.25) is 0 Å². The van der Waals surface area contributed by atoms with Gasteiger partial charge in [0.2, 0.25) is 0 Å². The first kappa shape index (κ1) is 15.2. The van der Waals surface area contributed by atoms with E-state index >= 15 is 0 Å². The average molecular weight is 276 g/mol. The van der Waals surface area contributed by atoms with Gasteiger partial charge in [-0.15, -0.1) is 0 Å². The van der Waals surface area contributed by atoms with Crippen LogP contribution < -0.4 is 15.0 Å². The van der Waals surface area contributed by atoms with E-state index in [0.29, 0.717) is 5.92 Å². The second-order valence-corrected chi connectivity index (χ2v) is 5.94. The second-order valence-electron chi connectivity index (χ2n) is 5.94. The Labute approximate surface area is 123 Å². The maximum Gasteiger partial charge on any atom is 0.121 e. The van der Waals surface area contributed by atoms with Crippen molar-refractivity contribution in [3.63, 3.8) is 0 Å². The van der Waals surface area contributed by atoms with Crippen LogP contribution in [0, 0.1) is 5.92 Å². The van der Waals surface area contributed by atoms with Gasteiger partial charge in [-0.2, -0.15) is 0 Å². The van der Waals surface area contributed by atoms with Gasteiger partial charge in [-0.3, -0.25) is 0 Å². The molecule has 3 nitrogen and oxygen atoms in total. The molecule has 1 aliphatic rings. The number of nitrogens with one attached hydrogen (secondary N) is 1. The third-order valence-corrected chi connectivity index (χ3v) is 3.90. The van der Waals surface area contributed by atoms with E-state index in [4.69, 9.17) is 4.74 Å². The van der Waals surface area contributed by atoms with Gasteiger partial charge in [0.1, 0.15) is 5.75 Å². The fraction of sp³-hybridized carbons (Fsp3) is 0.647. The van der Waals surface area contributed by atoms with Crippen LogP contribution in [0.3, 0.4) is 0 Å². The van der Waals surface area contributed by atoms with E-state index in [-0.39, 0.29) is 6.10 Å². The molecule has 20 heavy (non-hydrogen) atoms. The molecule has 1 aromatic rings. The summed E-state index contributed by atoms with van der Waals surface area (Å²) in [6.07, 6.45) is 2.51. The first-order valence-corrected chi connectivity index (χ1v) is 7.91. The van der Waals surface area contributed by atoms with Crippen LogP contribution in [0.5, 0.6) is 5.75 Å². The van der Waals surface area contributed by atoms with E-state index in [2.05, 4.69) is 55.3 Å². The molecule has 2 atom stereocenters. The molecule has 2 rings (SSSR count). The molecule has 0 bridgehead atoms. The maximum atomic E-state index is 5.94. The van der Waals surface area contributed by atoms with Gasteiger partial charge in [0.05, 0.1) is 6.10 Å². The lowest BCUT2D eigenvalue weighted by molar-refractivity contribution is 0.217. The molecule has 0 aliphatic carbocycles. The van der Waals surface area contributed by atoms with E-state index < -0.39 is 0 Å². The normalized spacial score (nSPS) is 21.9. The lowest BCUT2D eigenvalue weighted by Gasteiger charge is -2.31. The highest BCUT2D eigenvalue weighted by Gasteiger charge is 2.14. The van der Waals surface area contributed by atoms with Gasteiger partial charge in [0.15, 0.2) is 0 Å². The van der Waals surface area contributed by atoms with Gasteiger partial charge in [0.25, 0.3) is 0 Å². The monoisotopic (exact) mass is 276 g/mol. The van der Waals surface area contributed by atoms with Gasteiger partial charge in [0, 0.05) is 24.8 Å². The van der Waals surface area contributed by atoms with Gasteiger partial charge >= 0.3 is 0 Å². The highest BCUT2D eigenvalue weighted by molar-refractivity contribution is 5.50. The number of ether oxygens (including phenoxy) is 1. The quantitative estimate of drug-likeness (QED) is 0.913. The minimum atomic E-state index is 0.278. The summed E-state index contributed by atoms with van der Waals surface area (Å²) in [6, 6.07) is 8.55. The smallest absolute Gasteiger partial charge is 0.121 e. The number of anilines is 1. The van der Waals surface area contributed by atoms with Gasteiger partial charge in [-0.1, -0.05) is 19.9 Å². The molecule has 1 N–H and O–H groups in total. The van der Waals surface area contributed by atoms with Crippen LogP contribution in [0.4, 0.5) is 5.69 Å². The highest BCUT2D eigenvalue weighted by Crippen LogP contribution is 2.24. The number of hydrogen-bond donors (Lipinski definition) is 1. The Kier molecular flexibility index (Phi) is 5.72. The number of nitrogens with zero attached hydrogens (tertiary/aromatic N) is 1. The van der Waals surface area contributed by atoms with Crippen molar-refractivity contribution in [3.05, 3.63) is 24.3 Å². The van der Waals surface area contributed by atoms with E-state index in [0.717, 1.165) is 38.3 Å². The zero-order chi connectivity index (χ0) is 14.4. The van der Waals surface area contributed by atoms with Crippen LogP contribution in [0.15, 0.2) is 24.3 Å². The molecule has 0 aromatic heterocycles. The van der Waals surface area contributed by atoms with Crippen molar-refractivity contribution in [1.29, 1.82) is 0 Å². The molecule has 3 heteroatoms. The molecule has 0 saturated carbocycles. The molecule has 2 unspecified atom stereocenters. The molecular formula is C17H28N2O. The summed E-state index contributed by atoms with van der Waals surface area (Å²) >= 11 is 0. The molecule has 1 aliphatic heterocycles. The zero-order valence-corrected chi connectivity index (χ0v) is 13.1. The standard InChI is InChI=1S/C17H28N2O/c1-4-15(3)20-17-8-5-7-16(11-17)19-10-6-9-18-12-14(2)13-19/h5,7-8,11,14-15,18H,4,6,9-10,12-13H2,1-3H3. The van der Waals surface area contributed by atoms with Crippen molar-refractivity contribution in [3.8, 4) is 5.75 Å². The van der Waals surface area contributed by atoms with Gasteiger partial charge in [-0.25, -0.2) is 0 Å². The summed E-state index contributed by atoms with van der Waals surface area (Å²) in [5.41, 5.74) is 1.29. The number of benzene rings is 1. The van der Waals surface area contributed by atoms with E-state index in [9.17, 15) is 0 Å². The van der Waals surface area contributed by atoms with Crippen LogP contribution in [-0.2, 0) is 0 Å². The Bertz CT molecular complexity index is 408. The van der Waals surface area contributed by atoms with Gasteiger partial charge in [-0.05, 0) is 50.9 Å². The molecule has 0 spiro atoms. The summed E-state index contributed by atoms with van der Waals surface area (Å²) in [4.78, 5) is 2.50. The predicted octanol–water partition coefficient (Wildman–Crippen LogP) is 3.30. The van der Waals surface area contributed by atoms with Crippen LogP contribution in [-0.4, -0.2) is 32.3 Å². The topological polar surface area (TPSA) is 24.5 Å². The molecule has 0 radical (unpaired) electrons. The summed E-state index contributed by atoms with van der Waals surface area (Å²) < 4.78 is 5.94. The first-order valence-electron chi connectivity index (χ1n) is 7.91. The van der Waals surface area contributed by atoms with Crippen LogP contribution in [0.25, 0.3) is 0 Å². The number of hydrogen-bond acceptors (Lipinski definition) is 3. The minimum Gasteiger partial charge on any atom is -0.491 e. The molecule has 112 valence electrons. The Hall–Kier alpha value is -1.22. The summed E-state index contributed by atoms with van der Waals surface area (Å²) in [7, 11) is 0. The fourth-order valence-corrected chi connectivity index (χ4v) is 2.58. The Morgan fingerprint density at radius 3 is 3.10 bits per heavy atom. The molecule has 1 saturated heterocycles. The lowest BCUT2D eigenvalue weighted by atomic mass is 10.1. The summed E-state index contributed by atoms with van der Waals surface area (Å²) in [6.45, 7) is 11.0. The van der Waals surface area contributed by atoms with Crippen LogP contribution >= 0.6 is 0 Å². The third kappa shape index (κ3) is 4.41. The second kappa shape index (κ2) is 7.53. The SMILES string of the molecule is CCC(C)Oc1cccc(N2CCCNCC(C)C2)c1. The van der Waals surface area contributed by atoms with Crippen molar-refractivity contribution in [2.24, 2.45) is 5.92 Å². The lowest BCUT2D eigenvalue weighted by Crippen LogP contribution is -2.38. The summed E-state index contributed by atoms with van der Waals surface area (Å²) in [5, 5.41) is 3.50. The van der Waals surface area contributed by atoms with Crippen molar-refractivity contribution >= 4 is 5.69 Å². The Balaban J connectivity index is 2.07. The molecule has 1 fully saturated rings. The molecule has 0 amide bonds. The predicted molar refractivity (Wildman–Crippen MR) is 85.7 cm³/mol. The molecule has 1 heterocycles. The Morgan fingerprint density at radius 1 is 1.45 bits per heavy atom.